The van der Waals surface area contributed by atoms with Crippen molar-refractivity contribution in [1.82, 2.24) is 25.4 Å². The van der Waals surface area contributed by atoms with E-state index in [4.69, 9.17) is 0 Å². The maximum Gasteiger partial charge on any atom is 0.315 e. The van der Waals surface area contributed by atoms with E-state index in [-0.39, 0.29) is 11.4 Å². The molecule has 0 aliphatic heterocycles. The molecular weight excluding hydrogens is 338 g/mol. The summed E-state index contributed by atoms with van der Waals surface area (Å²) in [6.45, 7) is 1.88. The Balaban J connectivity index is 1.23. The third-order valence-electron chi connectivity index (χ3n) is 5.11. The van der Waals surface area contributed by atoms with Gasteiger partial charge in [-0.25, -0.2) is 14.5 Å². The lowest BCUT2D eigenvalue weighted by Crippen LogP contribution is -2.39. The van der Waals surface area contributed by atoms with Crippen LogP contribution < -0.4 is 10.6 Å². The van der Waals surface area contributed by atoms with Gasteiger partial charge in [0.1, 0.15) is 12.7 Å². The topological polar surface area (TPSA) is 71.8 Å². The zero-order valence-corrected chi connectivity index (χ0v) is 15.1. The van der Waals surface area contributed by atoms with Gasteiger partial charge in [0.05, 0.1) is 6.54 Å². The van der Waals surface area contributed by atoms with E-state index in [9.17, 15) is 4.79 Å². The molecule has 27 heavy (non-hydrogen) atoms. The SMILES string of the molecule is O=C(NCc1ccc(Cn2cncn2)cc1)NCC1(c2ccccc2)CC1. The molecule has 4 rings (SSSR count). The maximum absolute atomic E-state index is 12.2. The summed E-state index contributed by atoms with van der Waals surface area (Å²) < 4.78 is 1.78. The molecular formula is C21H23N5O. The van der Waals surface area contributed by atoms with E-state index in [1.165, 1.54) is 11.9 Å². The number of hydrogen-bond acceptors (Lipinski definition) is 3. The molecule has 0 spiro atoms. The van der Waals surface area contributed by atoms with Gasteiger partial charge in [-0.15, -0.1) is 0 Å². The molecule has 0 saturated heterocycles. The first-order chi connectivity index (χ1) is 13.2. The predicted molar refractivity (Wildman–Crippen MR) is 103 cm³/mol. The quantitative estimate of drug-likeness (QED) is 0.680. The normalized spacial score (nSPS) is 14.5. The van der Waals surface area contributed by atoms with E-state index in [0.29, 0.717) is 19.6 Å². The molecule has 3 aromatic rings. The second kappa shape index (κ2) is 7.61. The van der Waals surface area contributed by atoms with E-state index >= 15 is 0 Å². The van der Waals surface area contributed by atoms with Crippen LogP contribution in [0, 0.1) is 0 Å². The Hall–Kier alpha value is -3.15. The van der Waals surface area contributed by atoms with Crippen molar-refractivity contribution < 1.29 is 4.79 Å². The van der Waals surface area contributed by atoms with Crippen LogP contribution in [0.4, 0.5) is 4.79 Å². The number of hydrogen-bond donors (Lipinski definition) is 2. The highest BCUT2D eigenvalue weighted by molar-refractivity contribution is 5.74. The molecule has 138 valence electrons. The highest BCUT2D eigenvalue weighted by atomic mass is 16.2. The van der Waals surface area contributed by atoms with Gasteiger partial charge in [0.25, 0.3) is 0 Å². The van der Waals surface area contributed by atoms with Gasteiger partial charge in [-0.05, 0) is 29.5 Å². The number of amides is 2. The van der Waals surface area contributed by atoms with E-state index in [0.717, 1.165) is 24.0 Å². The van der Waals surface area contributed by atoms with Crippen LogP contribution in [0.5, 0.6) is 0 Å². The minimum atomic E-state index is -0.121. The first-order valence-corrected chi connectivity index (χ1v) is 9.21. The summed E-state index contributed by atoms with van der Waals surface area (Å²) in [5, 5.41) is 10.1. The Bertz CT molecular complexity index is 871. The number of nitrogens with zero attached hydrogens (tertiary/aromatic N) is 3. The third-order valence-corrected chi connectivity index (χ3v) is 5.11. The summed E-state index contributed by atoms with van der Waals surface area (Å²) in [5.74, 6) is 0. The molecule has 2 N–H and O–H groups in total. The average molecular weight is 361 g/mol. The van der Waals surface area contributed by atoms with Crippen molar-refractivity contribution >= 4 is 6.03 Å². The third kappa shape index (κ3) is 4.34. The lowest BCUT2D eigenvalue weighted by atomic mass is 9.96. The number of nitrogens with one attached hydrogen (secondary N) is 2. The largest absolute Gasteiger partial charge is 0.337 e. The summed E-state index contributed by atoms with van der Waals surface area (Å²) in [5.41, 5.74) is 3.65. The van der Waals surface area contributed by atoms with Crippen molar-refractivity contribution in [3.05, 3.63) is 83.9 Å². The van der Waals surface area contributed by atoms with Crippen molar-refractivity contribution in [2.45, 2.75) is 31.3 Å². The monoisotopic (exact) mass is 361 g/mol. The maximum atomic E-state index is 12.2. The van der Waals surface area contributed by atoms with Crippen LogP contribution in [0.15, 0.2) is 67.3 Å². The van der Waals surface area contributed by atoms with Crippen LogP contribution >= 0.6 is 0 Å². The fourth-order valence-corrected chi connectivity index (χ4v) is 3.27. The second-order valence-electron chi connectivity index (χ2n) is 7.09. The summed E-state index contributed by atoms with van der Waals surface area (Å²) in [6.07, 6.45) is 5.48. The molecule has 6 nitrogen and oxygen atoms in total. The molecule has 2 amide bonds. The number of urea groups is 1. The minimum Gasteiger partial charge on any atom is -0.337 e. The Morgan fingerprint density at radius 2 is 1.74 bits per heavy atom. The predicted octanol–water partition coefficient (Wildman–Crippen LogP) is 2.86. The molecule has 1 aliphatic carbocycles. The average Bonchev–Trinajstić information content (AvgIpc) is 3.34. The summed E-state index contributed by atoms with van der Waals surface area (Å²) in [4.78, 5) is 16.1. The number of benzene rings is 2. The number of carbonyl (C=O) groups excluding carboxylic acids is 1. The van der Waals surface area contributed by atoms with Crippen molar-refractivity contribution in [2.75, 3.05) is 6.54 Å². The van der Waals surface area contributed by atoms with Gasteiger partial charge in [-0.2, -0.15) is 5.10 Å². The van der Waals surface area contributed by atoms with Gasteiger partial charge >= 0.3 is 6.03 Å². The summed E-state index contributed by atoms with van der Waals surface area (Å²) >= 11 is 0. The number of rotatable bonds is 7. The fraction of sp³-hybridized carbons (Fsp3) is 0.286. The molecule has 1 heterocycles. The fourth-order valence-electron chi connectivity index (χ4n) is 3.27. The summed E-state index contributed by atoms with van der Waals surface area (Å²) in [6, 6.07) is 18.5. The lowest BCUT2D eigenvalue weighted by molar-refractivity contribution is 0.239. The lowest BCUT2D eigenvalue weighted by Gasteiger charge is -2.17. The summed E-state index contributed by atoms with van der Waals surface area (Å²) in [7, 11) is 0. The van der Waals surface area contributed by atoms with Crippen molar-refractivity contribution in [3.8, 4) is 0 Å². The minimum absolute atomic E-state index is 0.121. The van der Waals surface area contributed by atoms with Crippen LogP contribution in [0.25, 0.3) is 0 Å². The van der Waals surface area contributed by atoms with E-state index in [1.54, 1.807) is 11.0 Å². The first kappa shape index (κ1) is 17.3. The molecule has 0 atom stereocenters. The van der Waals surface area contributed by atoms with Gasteiger partial charge in [0, 0.05) is 18.5 Å². The Morgan fingerprint density at radius 1 is 1.00 bits per heavy atom. The van der Waals surface area contributed by atoms with Crippen LogP contribution in [0.2, 0.25) is 0 Å². The Morgan fingerprint density at radius 3 is 2.41 bits per heavy atom. The van der Waals surface area contributed by atoms with Gasteiger partial charge in [-0.1, -0.05) is 54.6 Å². The van der Waals surface area contributed by atoms with E-state index in [1.807, 2.05) is 30.3 Å². The van der Waals surface area contributed by atoms with Crippen LogP contribution in [0.3, 0.4) is 0 Å². The smallest absolute Gasteiger partial charge is 0.315 e. The number of carbonyl (C=O) groups is 1. The van der Waals surface area contributed by atoms with Crippen LogP contribution in [0.1, 0.15) is 29.5 Å². The molecule has 1 saturated carbocycles. The van der Waals surface area contributed by atoms with Gasteiger partial charge in [0.2, 0.25) is 0 Å². The Labute approximate surface area is 158 Å². The standard InChI is InChI=1S/C21H23N5O/c27-20(24-14-21(10-11-21)19-4-2-1-3-5-19)23-12-17-6-8-18(9-7-17)13-26-16-22-15-25-26/h1-9,15-16H,10-14H2,(H2,23,24,27). The first-order valence-electron chi connectivity index (χ1n) is 9.21. The molecule has 1 aromatic heterocycles. The number of aromatic nitrogens is 3. The van der Waals surface area contributed by atoms with E-state index in [2.05, 4.69) is 45.0 Å². The zero-order chi connectivity index (χ0) is 18.5. The molecule has 0 bridgehead atoms. The van der Waals surface area contributed by atoms with Crippen molar-refractivity contribution in [3.63, 3.8) is 0 Å². The van der Waals surface area contributed by atoms with Gasteiger partial charge in [0.15, 0.2) is 0 Å². The van der Waals surface area contributed by atoms with Crippen molar-refractivity contribution in [2.24, 2.45) is 0 Å². The van der Waals surface area contributed by atoms with Crippen molar-refractivity contribution in [1.29, 1.82) is 0 Å². The zero-order valence-electron chi connectivity index (χ0n) is 15.1. The molecule has 2 aromatic carbocycles. The Kier molecular flexibility index (Phi) is 4.87. The van der Waals surface area contributed by atoms with Gasteiger partial charge < -0.3 is 10.6 Å². The highest BCUT2D eigenvalue weighted by Gasteiger charge is 2.44. The molecule has 1 fully saturated rings. The molecule has 0 unspecified atom stereocenters. The van der Waals surface area contributed by atoms with Gasteiger partial charge in [-0.3, -0.25) is 0 Å². The highest BCUT2D eigenvalue weighted by Crippen LogP contribution is 2.47. The molecule has 0 radical (unpaired) electrons. The second-order valence-corrected chi connectivity index (χ2v) is 7.09. The molecule has 1 aliphatic rings. The van der Waals surface area contributed by atoms with Crippen LogP contribution in [-0.2, 0) is 18.5 Å². The molecule has 6 heteroatoms. The van der Waals surface area contributed by atoms with E-state index < -0.39 is 0 Å². The van der Waals surface area contributed by atoms with Crippen LogP contribution in [-0.4, -0.2) is 27.3 Å².